The molecule has 4 nitrogen and oxygen atoms in total. The molecule has 1 aromatic heterocycles. The molecule has 0 aromatic carbocycles. The van der Waals surface area contributed by atoms with Gasteiger partial charge in [-0.15, -0.1) is 0 Å². The molecular formula is C15H23N3O. The Morgan fingerprint density at radius 3 is 2.79 bits per heavy atom. The number of aromatic nitrogens is 1. The number of carbonyl (C=O) groups excluding carboxylic acids is 1. The molecule has 2 rings (SSSR count). The topological polar surface area (TPSA) is 68.0 Å². The molecule has 1 aliphatic rings. The van der Waals surface area contributed by atoms with Gasteiger partial charge >= 0.3 is 0 Å². The van der Waals surface area contributed by atoms with Gasteiger partial charge in [-0.25, -0.2) is 0 Å². The zero-order valence-electron chi connectivity index (χ0n) is 11.4. The van der Waals surface area contributed by atoms with Gasteiger partial charge in [-0.1, -0.05) is 25.3 Å². The number of rotatable bonds is 5. The van der Waals surface area contributed by atoms with E-state index in [2.05, 4.69) is 10.3 Å². The molecular weight excluding hydrogens is 238 g/mol. The summed E-state index contributed by atoms with van der Waals surface area (Å²) in [5.41, 5.74) is 7.06. The maximum Gasteiger partial charge on any atom is 0.220 e. The number of carbonyl (C=O) groups is 1. The third kappa shape index (κ3) is 4.63. The van der Waals surface area contributed by atoms with E-state index in [1.54, 1.807) is 6.20 Å². The van der Waals surface area contributed by atoms with E-state index < -0.39 is 0 Å². The molecule has 0 unspecified atom stereocenters. The molecule has 1 amide bonds. The van der Waals surface area contributed by atoms with Crippen LogP contribution in [0, 0.1) is 0 Å². The number of pyridine rings is 1. The minimum Gasteiger partial charge on any atom is -0.354 e. The summed E-state index contributed by atoms with van der Waals surface area (Å²) in [6.45, 7) is 0.605. The summed E-state index contributed by atoms with van der Waals surface area (Å²) in [4.78, 5) is 16.0. The fourth-order valence-corrected chi connectivity index (χ4v) is 2.58. The summed E-state index contributed by atoms with van der Waals surface area (Å²) in [5, 5.41) is 2.97. The fourth-order valence-electron chi connectivity index (χ4n) is 2.58. The molecule has 0 radical (unpaired) electrons. The highest BCUT2D eigenvalue weighted by Gasteiger charge is 2.27. The average molecular weight is 261 g/mol. The molecule has 0 spiro atoms. The Balaban J connectivity index is 1.70. The van der Waals surface area contributed by atoms with Crippen LogP contribution in [0.5, 0.6) is 0 Å². The van der Waals surface area contributed by atoms with Gasteiger partial charge in [0.1, 0.15) is 0 Å². The number of hydrogen-bond donors (Lipinski definition) is 2. The first kappa shape index (κ1) is 14.0. The Morgan fingerprint density at radius 1 is 1.32 bits per heavy atom. The van der Waals surface area contributed by atoms with Crippen molar-refractivity contribution in [2.45, 2.75) is 50.5 Å². The molecule has 0 aliphatic heterocycles. The standard InChI is InChI=1S/C15H23N3O/c16-15(9-3-1-4-10-15)12-18-14(19)8-7-13-6-2-5-11-17-13/h2,5-6,11H,1,3-4,7-10,12,16H2,(H,18,19). The molecule has 1 saturated carbocycles. The Morgan fingerprint density at radius 2 is 2.11 bits per heavy atom. The Bertz CT molecular complexity index is 399. The van der Waals surface area contributed by atoms with Crippen molar-refractivity contribution in [1.82, 2.24) is 10.3 Å². The number of nitrogens with zero attached hydrogens (tertiary/aromatic N) is 1. The van der Waals surface area contributed by atoms with Crippen molar-refractivity contribution in [1.29, 1.82) is 0 Å². The lowest BCUT2D eigenvalue weighted by atomic mass is 9.82. The van der Waals surface area contributed by atoms with Crippen molar-refractivity contribution < 1.29 is 4.79 Å². The van der Waals surface area contributed by atoms with Crippen LogP contribution in [0.25, 0.3) is 0 Å². The first-order chi connectivity index (χ1) is 9.18. The first-order valence-corrected chi connectivity index (χ1v) is 7.13. The second-order valence-electron chi connectivity index (χ2n) is 5.52. The van der Waals surface area contributed by atoms with Gasteiger partial charge in [0.25, 0.3) is 0 Å². The van der Waals surface area contributed by atoms with Crippen LogP contribution in [0.15, 0.2) is 24.4 Å². The van der Waals surface area contributed by atoms with E-state index >= 15 is 0 Å². The lowest BCUT2D eigenvalue weighted by Crippen LogP contribution is -2.51. The molecule has 1 aromatic rings. The highest BCUT2D eigenvalue weighted by molar-refractivity contribution is 5.76. The van der Waals surface area contributed by atoms with Crippen LogP contribution in [0.3, 0.4) is 0 Å². The second kappa shape index (κ2) is 6.66. The summed E-state index contributed by atoms with van der Waals surface area (Å²) in [7, 11) is 0. The van der Waals surface area contributed by atoms with Crippen LogP contribution in [-0.2, 0) is 11.2 Å². The predicted octanol–water partition coefficient (Wildman–Crippen LogP) is 1.79. The molecule has 104 valence electrons. The van der Waals surface area contributed by atoms with E-state index in [1.807, 2.05) is 18.2 Å². The Kier molecular flexibility index (Phi) is 4.91. The summed E-state index contributed by atoms with van der Waals surface area (Å²) < 4.78 is 0. The van der Waals surface area contributed by atoms with Gasteiger partial charge in [0.15, 0.2) is 0 Å². The smallest absolute Gasteiger partial charge is 0.220 e. The van der Waals surface area contributed by atoms with Crippen molar-refractivity contribution in [3.05, 3.63) is 30.1 Å². The number of nitrogens with two attached hydrogens (primary N) is 1. The van der Waals surface area contributed by atoms with Crippen LogP contribution >= 0.6 is 0 Å². The van der Waals surface area contributed by atoms with E-state index in [0.29, 0.717) is 19.4 Å². The lowest BCUT2D eigenvalue weighted by Gasteiger charge is -2.33. The SMILES string of the molecule is NC1(CNC(=O)CCc2ccccn2)CCCCC1. The quantitative estimate of drug-likeness (QED) is 0.849. The Hall–Kier alpha value is -1.42. The maximum atomic E-state index is 11.8. The zero-order chi connectivity index (χ0) is 13.6. The van der Waals surface area contributed by atoms with Crippen molar-refractivity contribution in [3.63, 3.8) is 0 Å². The summed E-state index contributed by atoms with van der Waals surface area (Å²) in [5.74, 6) is 0.0704. The van der Waals surface area contributed by atoms with Crippen molar-refractivity contribution >= 4 is 5.91 Å². The van der Waals surface area contributed by atoms with Crippen LogP contribution < -0.4 is 11.1 Å². The first-order valence-electron chi connectivity index (χ1n) is 7.13. The number of aryl methyl sites for hydroxylation is 1. The molecule has 1 fully saturated rings. The van der Waals surface area contributed by atoms with Gasteiger partial charge in [-0.3, -0.25) is 9.78 Å². The van der Waals surface area contributed by atoms with Crippen molar-refractivity contribution in [2.24, 2.45) is 5.73 Å². The summed E-state index contributed by atoms with van der Waals surface area (Å²) >= 11 is 0. The predicted molar refractivity (Wildman–Crippen MR) is 75.6 cm³/mol. The third-order valence-corrected chi connectivity index (χ3v) is 3.82. The molecule has 1 aliphatic carbocycles. The number of hydrogen-bond acceptors (Lipinski definition) is 3. The minimum absolute atomic E-state index is 0.0704. The van der Waals surface area contributed by atoms with Crippen LogP contribution in [0.2, 0.25) is 0 Å². The number of nitrogens with one attached hydrogen (secondary N) is 1. The van der Waals surface area contributed by atoms with Crippen LogP contribution in [0.4, 0.5) is 0 Å². The van der Waals surface area contributed by atoms with Crippen molar-refractivity contribution in [2.75, 3.05) is 6.54 Å². The normalized spacial score (nSPS) is 17.9. The molecule has 1 heterocycles. The second-order valence-corrected chi connectivity index (χ2v) is 5.52. The fraction of sp³-hybridized carbons (Fsp3) is 0.600. The van der Waals surface area contributed by atoms with Gasteiger partial charge in [0.05, 0.1) is 0 Å². The average Bonchev–Trinajstić information content (AvgIpc) is 2.45. The highest BCUT2D eigenvalue weighted by Crippen LogP contribution is 2.25. The molecule has 4 heteroatoms. The van der Waals surface area contributed by atoms with Crippen LogP contribution in [-0.4, -0.2) is 23.0 Å². The van der Waals surface area contributed by atoms with Gasteiger partial charge in [-0.2, -0.15) is 0 Å². The van der Waals surface area contributed by atoms with E-state index in [-0.39, 0.29) is 11.4 Å². The summed E-state index contributed by atoms with van der Waals surface area (Å²) in [6.07, 6.45) is 8.59. The molecule has 3 N–H and O–H groups in total. The highest BCUT2D eigenvalue weighted by atomic mass is 16.1. The van der Waals surface area contributed by atoms with E-state index in [0.717, 1.165) is 18.5 Å². The third-order valence-electron chi connectivity index (χ3n) is 3.82. The van der Waals surface area contributed by atoms with Gasteiger partial charge in [0, 0.05) is 30.4 Å². The number of amides is 1. The van der Waals surface area contributed by atoms with Gasteiger partial charge < -0.3 is 11.1 Å². The molecule has 0 saturated heterocycles. The van der Waals surface area contributed by atoms with E-state index in [4.69, 9.17) is 5.73 Å². The van der Waals surface area contributed by atoms with Crippen molar-refractivity contribution in [3.8, 4) is 0 Å². The monoisotopic (exact) mass is 261 g/mol. The van der Waals surface area contributed by atoms with E-state index in [1.165, 1.54) is 19.3 Å². The lowest BCUT2D eigenvalue weighted by molar-refractivity contribution is -0.121. The van der Waals surface area contributed by atoms with Gasteiger partial charge in [-0.05, 0) is 31.4 Å². The minimum atomic E-state index is -0.182. The molecule has 0 bridgehead atoms. The Labute approximate surface area is 114 Å². The molecule has 19 heavy (non-hydrogen) atoms. The van der Waals surface area contributed by atoms with Crippen LogP contribution in [0.1, 0.15) is 44.2 Å². The molecule has 0 atom stereocenters. The largest absolute Gasteiger partial charge is 0.354 e. The summed E-state index contributed by atoms with van der Waals surface area (Å²) in [6, 6.07) is 5.76. The van der Waals surface area contributed by atoms with E-state index in [9.17, 15) is 4.79 Å². The zero-order valence-corrected chi connectivity index (χ0v) is 11.4. The maximum absolute atomic E-state index is 11.8. The van der Waals surface area contributed by atoms with Gasteiger partial charge in [0.2, 0.25) is 5.91 Å².